The molecule has 0 saturated carbocycles. The molecule has 1 aromatic carbocycles. The number of carbonyl (C=O) groups excluding carboxylic acids is 2. The van der Waals surface area contributed by atoms with Gasteiger partial charge in [-0.05, 0) is 52.2 Å². The summed E-state index contributed by atoms with van der Waals surface area (Å²) in [5.74, 6) is -0.575. The second-order valence-corrected chi connectivity index (χ2v) is 6.46. The number of benzene rings is 1. The molecule has 0 fully saturated rings. The van der Waals surface area contributed by atoms with Gasteiger partial charge in [-0.25, -0.2) is 0 Å². The van der Waals surface area contributed by atoms with Crippen LogP contribution in [0.1, 0.15) is 27.2 Å². The van der Waals surface area contributed by atoms with Gasteiger partial charge < -0.3 is 0 Å². The highest BCUT2D eigenvalue weighted by Crippen LogP contribution is 2.31. The van der Waals surface area contributed by atoms with Crippen molar-refractivity contribution in [1.29, 1.82) is 0 Å². The highest BCUT2D eigenvalue weighted by molar-refractivity contribution is 7.08. The molecule has 0 atom stereocenters. The second-order valence-electron chi connectivity index (χ2n) is 5.68. The number of carbonyl (C=O) groups is 2. The molecule has 0 N–H and O–H groups in total. The standard InChI is InChI=1S/C20H14N2O2S/c23-19-17-7-2-1-6-16(17)18(11-14-8-10-25-13-14)20(24)22(19)12-15-5-3-4-9-21-15/h1-11,13H,12H2. The van der Waals surface area contributed by atoms with Crippen molar-refractivity contribution in [3.63, 3.8) is 0 Å². The van der Waals surface area contributed by atoms with Gasteiger partial charge in [0.05, 0.1) is 12.2 Å². The Labute approximate surface area is 149 Å². The van der Waals surface area contributed by atoms with E-state index in [1.54, 1.807) is 29.7 Å². The minimum Gasteiger partial charge on any atom is -0.269 e. The highest BCUT2D eigenvalue weighted by Gasteiger charge is 2.34. The van der Waals surface area contributed by atoms with E-state index in [0.29, 0.717) is 22.4 Å². The molecular formula is C20H14N2O2S. The van der Waals surface area contributed by atoms with Gasteiger partial charge in [-0.15, -0.1) is 0 Å². The number of rotatable bonds is 3. The third kappa shape index (κ3) is 2.90. The Kier molecular flexibility index (Phi) is 3.99. The first-order valence-electron chi connectivity index (χ1n) is 7.83. The van der Waals surface area contributed by atoms with E-state index in [2.05, 4.69) is 4.98 Å². The summed E-state index contributed by atoms with van der Waals surface area (Å²) in [5.41, 5.74) is 3.39. The van der Waals surface area contributed by atoms with E-state index in [0.717, 1.165) is 5.56 Å². The quantitative estimate of drug-likeness (QED) is 0.534. The summed E-state index contributed by atoms with van der Waals surface area (Å²) in [6, 6.07) is 14.6. The van der Waals surface area contributed by atoms with Crippen LogP contribution in [-0.4, -0.2) is 21.7 Å². The van der Waals surface area contributed by atoms with Gasteiger partial charge in [0.25, 0.3) is 11.8 Å². The topological polar surface area (TPSA) is 50.3 Å². The fourth-order valence-electron chi connectivity index (χ4n) is 2.86. The van der Waals surface area contributed by atoms with Crippen LogP contribution in [0.25, 0.3) is 11.6 Å². The van der Waals surface area contributed by atoms with Crippen molar-refractivity contribution < 1.29 is 9.59 Å². The monoisotopic (exact) mass is 346 g/mol. The summed E-state index contributed by atoms with van der Waals surface area (Å²) in [6.07, 6.45) is 3.50. The molecule has 2 aromatic heterocycles. The molecule has 3 aromatic rings. The van der Waals surface area contributed by atoms with Gasteiger partial charge >= 0.3 is 0 Å². The molecule has 0 spiro atoms. The van der Waals surface area contributed by atoms with E-state index < -0.39 is 0 Å². The van der Waals surface area contributed by atoms with E-state index in [4.69, 9.17) is 0 Å². The normalized spacial score (nSPS) is 15.5. The van der Waals surface area contributed by atoms with Crippen LogP contribution in [0, 0.1) is 0 Å². The minimum atomic E-state index is -0.291. The number of thiophene rings is 1. The van der Waals surface area contributed by atoms with Crippen LogP contribution in [0.3, 0.4) is 0 Å². The predicted molar refractivity (Wildman–Crippen MR) is 97.7 cm³/mol. The van der Waals surface area contributed by atoms with Gasteiger partial charge in [0.15, 0.2) is 0 Å². The zero-order valence-corrected chi connectivity index (χ0v) is 14.1. The van der Waals surface area contributed by atoms with Crippen molar-refractivity contribution in [2.24, 2.45) is 0 Å². The molecule has 1 aliphatic rings. The van der Waals surface area contributed by atoms with Crippen LogP contribution < -0.4 is 0 Å². The van der Waals surface area contributed by atoms with Crippen molar-refractivity contribution in [3.8, 4) is 0 Å². The first-order chi connectivity index (χ1) is 12.2. The maximum Gasteiger partial charge on any atom is 0.261 e. The molecule has 0 radical (unpaired) electrons. The number of imide groups is 1. The first kappa shape index (κ1) is 15.5. The van der Waals surface area contributed by atoms with Crippen molar-refractivity contribution in [1.82, 2.24) is 9.88 Å². The smallest absolute Gasteiger partial charge is 0.261 e. The van der Waals surface area contributed by atoms with Gasteiger partial charge in [-0.3, -0.25) is 19.5 Å². The van der Waals surface area contributed by atoms with Crippen LogP contribution in [0.2, 0.25) is 0 Å². The van der Waals surface area contributed by atoms with Crippen LogP contribution >= 0.6 is 11.3 Å². The second kappa shape index (κ2) is 6.45. The Hall–Kier alpha value is -3.05. The first-order valence-corrected chi connectivity index (χ1v) is 8.78. The molecule has 5 heteroatoms. The van der Waals surface area contributed by atoms with E-state index in [-0.39, 0.29) is 18.4 Å². The lowest BCUT2D eigenvalue weighted by Crippen LogP contribution is -2.41. The molecule has 0 saturated heterocycles. The number of amides is 2. The van der Waals surface area contributed by atoms with E-state index in [1.165, 1.54) is 4.90 Å². The van der Waals surface area contributed by atoms with Gasteiger partial charge in [0.2, 0.25) is 0 Å². The summed E-state index contributed by atoms with van der Waals surface area (Å²) in [5, 5.41) is 3.94. The summed E-state index contributed by atoms with van der Waals surface area (Å²) >= 11 is 1.57. The molecular weight excluding hydrogens is 332 g/mol. The third-order valence-corrected chi connectivity index (χ3v) is 4.77. The lowest BCUT2D eigenvalue weighted by atomic mass is 9.92. The van der Waals surface area contributed by atoms with Crippen LogP contribution in [0.5, 0.6) is 0 Å². The predicted octanol–water partition coefficient (Wildman–Crippen LogP) is 3.87. The molecule has 122 valence electrons. The number of fused-ring (bicyclic) bond motifs is 1. The Morgan fingerprint density at radius 1 is 0.960 bits per heavy atom. The van der Waals surface area contributed by atoms with Gasteiger partial charge in [0.1, 0.15) is 0 Å². The van der Waals surface area contributed by atoms with E-state index in [9.17, 15) is 9.59 Å². The molecule has 4 rings (SSSR count). The summed E-state index contributed by atoms with van der Waals surface area (Å²) in [6.45, 7) is 0.161. The lowest BCUT2D eigenvalue weighted by Gasteiger charge is -2.28. The van der Waals surface area contributed by atoms with Gasteiger partial charge in [-0.2, -0.15) is 11.3 Å². The Morgan fingerprint density at radius 2 is 1.76 bits per heavy atom. The van der Waals surface area contributed by atoms with Crippen molar-refractivity contribution in [2.75, 3.05) is 0 Å². The lowest BCUT2D eigenvalue weighted by molar-refractivity contribution is -0.123. The Morgan fingerprint density at radius 3 is 2.48 bits per heavy atom. The molecule has 2 amide bonds. The molecule has 4 nitrogen and oxygen atoms in total. The Bertz CT molecular complexity index is 962. The zero-order valence-electron chi connectivity index (χ0n) is 13.3. The number of pyridine rings is 1. The SMILES string of the molecule is O=C1C(=Cc2ccsc2)c2ccccc2C(=O)N1Cc1ccccn1. The highest BCUT2D eigenvalue weighted by atomic mass is 32.1. The number of hydrogen-bond donors (Lipinski definition) is 0. The van der Waals surface area contributed by atoms with Crippen LogP contribution in [-0.2, 0) is 11.3 Å². The largest absolute Gasteiger partial charge is 0.269 e. The van der Waals surface area contributed by atoms with Crippen molar-refractivity contribution >= 4 is 34.8 Å². The van der Waals surface area contributed by atoms with Gasteiger partial charge in [-0.1, -0.05) is 24.3 Å². The van der Waals surface area contributed by atoms with Crippen LogP contribution in [0.4, 0.5) is 0 Å². The molecule has 25 heavy (non-hydrogen) atoms. The van der Waals surface area contributed by atoms with Crippen LogP contribution in [0.15, 0.2) is 65.5 Å². The summed E-state index contributed by atoms with van der Waals surface area (Å²) < 4.78 is 0. The average Bonchev–Trinajstić information content (AvgIpc) is 3.16. The number of hydrogen-bond acceptors (Lipinski definition) is 4. The fourth-order valence-corrected chi connectivity index (χ4v) is 3.48. The van der Waals surface area contributed by atoms with E-state index >= 15 is 0 Å². The number of nitrogens with zero attached hydrogens (tertiary/aromatic N) is 2. The maximum atomic E-state index is 13.0. The molecule has 1 aliphatic heterocycles. The average molecular weight is 346 g/mol. The minimum absolute atomic E-state index is 0.161. The fraction of sp³-hybridized carbons (Fsp3) is 0.0500. The zero-order chi connectivity index (χ0) is 17.2. The molecule has 3 heterocycles. The van der Waals surface area contributed by atoms with Crippen molar-refractivity contribution in [2.45, 2.75) is 6.54 Å². The molecule has 0 unspecified atom stereocenters. The van der Waals surface area contributed by atoms with Gasteiger partial charge in [0, 0.05) is 17.3 Å². The van der Waals surface area contributed by atoms with Crippen molar-refractivity contribution in [3.05, 3.63) is 87.9 Å². The number of aromatic nitrogens is 1. The summed E-state index contributed by atoms with van der Waals surface area (Å²) in [7, 11) is 0. The van der Waals surface area contributed by atoms with E-state index in [1.807, 2.05) is 53.2 Å². The third-order valence-electron chi connectivity index (χ3n) is 4.07. The molecule has 0 aliphatic carbocycles. The maximum absolute atomic E-state index is 13.0. The Balaban J connectivity index is 1.80. The summed E-state index contributed by atoms with van der Waals surface area (Å²) in [4.78, 5) is 31.4. The molecule has 0 bridgehead atoms.